The SMILES string of the molecule is COc1ccccc1NC(=O)c1cncc(C(=O)NCc2ccccc2)c1. The van der Waals surface area contributed by atoms with Crippen molar-refractivity contribution in [3.05, 3.63) is 89.7 Å². The first-order valence-corrected chi connectivity index (χ1v) is 8.39. The van der Waals surface area contributed by atoms with Gasteiger partial charge in [0.25, 0.3) is 11.8 Å². The molecule has 1 heterocycles. The van der Waals surface area contributed by atoms with E-state index in [1.807, 2.05) is 36.4 Å². The summed E-state index contributed by atoms with van der Waals surface area (Å²) in [6.45, 7) is 0.400. The molecule has 0 saturated carbocycles. The van der Waals surface area contributed by atoms with Crippen molar-refractivity contribution in [1.29, 1.82) is 0 Å². The number of pyridine rings is 1. The molecule has 0 fully saturated rings. The second kappa shape index (κ2) is 8.62. The van der Waals surface area contributed by atoms with E-state index in [1.54, 1.807) is 18.2 Å². The Hall–Kier alpha value is -3.67. The lowest BCUT2D eigenvalue weighted by atomic mass is 10.1. The van der Waals surface area contributed by atoms with Crippen molar-refractivity contribution in [3.63, 3.8) is 0 Å². The second-order valence-corrected chi connectivity index (χ2v) is 5.78. The summed E-state index contributed by atoms with van der Waals surface area (Å²) in [7, 11) is 1.53. The molecule has 0 aliphatic heterocycles. The largest absolute Gasteiger partial charge is 0.495 e. The molecule has 0 atom stereocenters. The van der Waals surface area contributed by atoms with Gasteiger partial charge in [-0.1, -0.05) is 42.5 Å². The van der Waals surface area contributed by atoms with Gasteiger partial charge in [0.05, 0.1) is 23.9 Å². The first-order valence-electron chi connectivity index (χ1n) is 8.39. The average molecular weight is 361 g/mol. The van der Waals surface area contributed by atoms with Crippen LogP contribution in [-0.2, 0) is 6.54 Å². The number of rotatable bonds is 6. The molecular weight excluding hydrogens is 342 g/mol. The monoisotopic (exact) mass is 361 g/mol. The van der Waals surface area contributed by atoms with Crippen LogP contribution in [0.2, 0.25) is 0 Å². The molecule has 136 valence electrons. The summed E-state index contributed by atoms with van der Waals surface area (Å²) in [6, 6.07) is 18.2. The molecule has 0 bridgehead atoms. The molecule has 1 aromatic heterocycles. The molecule has 3 aromatic rings. The molecule has 0 radical (unpaired) electrons. The number of nitrogens with one attached hydrogen (secondary N) is 2. The Labute approximate surface area is 157 Å². The molecule has 0 saturated heterocycles. The zero-order valence-corrected chi connectivity index (χ0v) is 14.8. The number of anilines is 1. The number of aromatic nitrogens is 1. The highest BCUT2D eigenvalue weighted by molar-refractivity contribution is 6.06. The first-order chi connectivity index (χ1) is 13.2. The summed E-state index contributed by atoms with van der Waals surface area (Å²) in [5.74, 6) is -0.112. The highest BCUT2D eigenvalue weighted by Gasteiger charge is 2.13. The summed E-state index contributed by atoms with van der Waals surface area (Å²) >= 11 is 0. The number of amides is 2. The summed E-state index contributed by atoms with van der Waals surface area (Å²) < 4.78 is 5.22. The van der Waals surface area contributed by atoms with Gasteiger partial charge in [0.1, 0.15) is 5.75 Å². The van der Waals surface area contributed by atoms with Gasteiger partial charge in [0, 0.05) is 18.9 Å². The maximum atomic E-state index is 12.5. The van der Waals surface area contributed by atoms with E-state index in [1.165, 1.54) is 25.6 Å². The van der Waals surface area contributed by atoms with Crippen molar-refractivity contribution < 1.29 is 14.3 Å². The molecule has 2 aromatic carbocycles. The summed E-state index contributed by atoms with van der Waals surface area (Å²) in [6.07, 6.45) is 2.85. The lowest BCUT2D eigenvalue weighted by molar-refractivity contribution is 0.0950. The van der Waals surface area contributed by atoms with Crippen LogP contribution in [0.5, 0.6) is 5.75 Å². The van der Waals surface area contributed by atoms with Gasteiger partial charge in [0.15, 0.2) is 0 Å². The number of carbonyl (C=O) groups is 2. The van der Waals surface area contributed by atoms with Crippen LogP contribution in [-0.4, -0.2) is 23.9 Å². The molecule has 0 aliphatic rings. The minimum Gasteiger partial charge on any atom is -0.495 e. The Bertz CT molecular complexity index is 942. The van der Waals surface area contributed by atoms with Crippen LogP contribution in [0.4, 0.5) is 5.69 Å². The van der Waals surface area contributed by atoms with Crippen LogP contribution in [0, 0.1) is 0 Å². The van der Waals surface area contributed by atoms with Crippen molar-refractivity contribution in [2.75, 3.05) is 12.4 Å². The van der Waals surface area contributed by atoms with E-state index in [0.29, 0.717) is 23.5 Å². The van der Waals surface area contributed by atoms with Gasteiger partial charge in [0.2, 0.25) is 0 Å². The van der Waals surface area contributed by atoms with Crippen molar-refractivity contribution >= 4 is 17.5 Å². The van der Waals surface area contributed by atoms with Gasteiger partial charge in [-0.3, -0.25) is 14.6 Å². The molecule has 0 aliphatic carbocycles. The fraction of sp³-hybridized carbons (Fsp3) is 0.0952. The van der Waals surface area contributed by atoms with Crippen LogP contribution in [0.15, 0.2) is 73.1 Å². The van der Waals surface area contributed by atoms with Crippen LogP contribution in [0.3, 0.4) is 0 Å². The number of methoxy groups -OCH3 is 1. The summed E-state index contributed by atoms with van der Waals surface area (Å²) in [5, 5.41) is 5.58. The molecule has 3 rings (SSSR count). The predicted molar refractivity (Wildman–Crippen MR) is 103 cm³/mol. The van der Waals surface area contributed by atoms with Crippen molar-refractivity contribution in [3.8, 4) is 5.75 Å². The minimum atomic E-state index is -0.371. The van der Waals surface area contributed by atoms with Crippen LogP contribution in [0.25, 0.3) is 0 Å². The van der Waals surface area contributed by atoms with Gasteiger partial charge in [-0.05, 0) is 23.8 Å². The maximum Gasteiger partial charge on any atom is 0.257 e. The number of para-hydroxylation sites is 2. The Morgan fingerprint density at radius 3 is 2.33 bits per heavy atom. The number of ether oxygens (including phenoxy) is 1. The topological polar surface area (TPSA) is 80.3 Å². The number of carbonyl (C=O) groups excluding carboxylic acids is 2. The van der Waals surface area contributed by atoms with Gasteiger partial charge in [-0.25, -0.2) is 0 Å². The van der Waals surface area contributed by atoms with E-state index < -0.39 is 0 Å². The Balaban J connectivity index is 1.69. The Kier molecular flexibility index (Phi) is 5.79. The molecule has 6 heteroatoms. The molecule has 27 heavy (non-hydrogen) atoms. The van der Waals surface area contributed by atoms with Crippen molar-refractivity contribution in [1.82, 2.24) is 10.3 Å². The maximum absolute atomic E-state index is 12.5. The smallest absolute Gasteiger partial charge is 0.257 e. The van der Waals surface area contributed by atoms with E-state index in [9.17, 15) is 9.59 Å². The van der Waals surface area contributed by atoms with E-state index in [-0.39, 0.29) is 17.4 Å². The molecule has 2 N–H and O–H groups in total. The number of nitrogens with zero attached hydrogens (tertiary/aromatic N) is 1. The molecule has 0 spiro atoms. The minimum absolute atomic E-state index is 0.285. The van der Waals surface area contributed by atoms with E-state index in [4.69, 9.17) is 4.74 Å². The zero-order chi connectivity index (χ0) is 19.1. The van der Waals surface area contributed by atoms with E-state index >= 15 is 0 Å². The van der Waals surface area contributed by atoms with Crippen LogP contribution >= 0.6 is 0 Å². The number of benzene rings is 2. The van der Waals surface area contributed by atoms with Crippen LogP contribution < -0.4 is 15.4 Å². The van der Waals surface area contributed by atoms with Gasteiger partial charge in [-0.2, -0.15) is 0 Å². The summed E-state index contributed by atoms with van der Waals surface area (Å²) in [4.78, 5) is 28.9. The lowest BCUT2D eigenvalue weighted by Gasteiger charge is -2.10. The molecule has 0 unspecified atom stereocenters. The number of hydrogen-bond donors (Lipinski definition) is 2. The highest BCUT2D eigenvalue weighted by Crippen LogP contribution is 2.23. The third kappa shape index (κ3) is 4.70. The lowest BCUT2D eigenvalue weighted by Crippen LogP contribution is -2.23. The van der Waals surface area contributed by atoms with E-state index in [2.05, 4.69) is 15.6 Å². The standard InChI is InChI=1S/C21H19N3O3/c1-27-19-10-6-5-9-18(19)24-21(26)17-11-16(13-22-14-17)20(25)23-12-15-7-3-2-4-8-15/h2-11,13-14H,12H2,1H3,(H,23,25)(H,24,26). The second-order valence-electron chi connectivity index (χ2n) is 5.78. The predicted octanol–water partition coefficient (Wildman–Crippen LogP) is 3.27. The zero-order valence-electron chi connectivity index (χ0n) is 14.8. The van der Waals surface area contributed by atoms with E-state index in [0.717, 1.165) is 5.56 Å². The fourth-order valence-corrected chi connectivity index (χ4v) is 2.51. The average Bonchev–Trinajstić information content (AvgIpc) is 2.73. The summed E-state index contributed by atoms with van der Waals surface area (Å²) in [5.41, 5.74) is 2.14. The van der Waals surface area contributed by atoms with Gasteiger partial charge >= 0.3 is 0 Å². The fourth-order valence-electron chi connectivity index (χ4n) is 2.51. The number of hydrogen-bond acceptors (Lipinski definition) is 4. The van der Waals surface area contributed by atoms with Gasteiger partial charge < -0.3 is 15.4 Å². The third-order valence-corrected chi connectivity index (χ3v) is 3.91. The first kappa shape index (κ1) is 18.1. The molecule has 2 amide bonds. The molecule has 6 nitrogen and oxygen atoms in total. The third-order valence-electron chi connectivity index (χ3n) is 3.91. The Morgan fingerprint density at radius 1 is 0.926 bits per heavy atom. The van der Waals surface area contributed by atoms with Crippen molar-refractivity contribution in [2.24, 2.45) is 0 Å². The normalized spacial score (nSPS) is 10.1. The van der Waals surface area contributed by atoms with Gasteiger partial charge in [-0.15, -0.1) is 0 Å². The van der Waals surface area contributed by atoms with Crippen molar-refractivity contribution in [2.45, 2.75) is 6.54 Å². The molecular formula is C21H19N3O3. The Morgan fingerprint density at radius 2 is 1.59 bits per heavy atom. The highest BCUT2D eigenvalue weighted by atomic mass is 16.5. The van der Waals surface area contributed by atoms with Crippen LogP contribution in [0.1, 0.15) is 26.3 Å². The quantitative estimate of drug-likeness (QED) is 0.706.